The summed E-state index contributed by atoms with van der Waals surface area (Å²) in [6, 6.07) is 0.436. The van der Waals surface area contributed by atoms with Crippen LogP contribution in [0.5, 0.6) is 5.75 Å². The summed E-state index contributed by atoms with van der Waals surface area (Å²) in [5, 5.41) is 43.6. The number of aromatic nitrogens is 1. The number of nitrogens with zero attached hydrogens (tertiary/aromatic N) is 3. The molecule has 6 aliphatic rings. The predicted molar refractivity (Wildman–Crippen MR) is 225 cm³/mol. The molecule has 17 nitrogen and oxygen atoms in total. The van der Waals surface area contributed by atoms with Crippen molar-refractivity contribution in [3.05, 3.63) is 57.7 Å². The first-order valence-corrected chi connectivity index (χ1v) is 22.0. The Morgan fingerprint density at radius 3 is 2.50 bits per heavy atom. The molecule has 346 valence electrons. The Balaban J connectivity index is 0.799. The lowest BCUT2D eigenvalue weighted by Crippen LogP contribution is -2.61. The molecule has 64 heavy (non-hydrogen) atoms. The van der Waals surface area contributed by atoms with Crippen LogP contribution in [0.25, 0.3) is 10.9 Å². The number of ether oxygens (including phenoxy) is 4. The molecule has 4 saturated carbocycles. The van der Waals surface area contributed by atoms with E-state index >= 15 is 4.39 Å². The lowest BCUT2D eigenvalue weighted by atomic mass is 9.46. The fourth-order valence-electron chi connectivity index (χ4n) is 11.9. The van der Waals surface area contributed by atoms with Gasteiger partial charge in [-0.3, -0.25) is 19.2 Å². The molecule has 9 unspecified atom stereocenters. The zero-order valence-corrected chi connectivity index (χ0v) is 36.4. The third kappa shape index (κ3) is 7.68. The number of pyridine rings is 1. The second-order valence-electron chi connectivity index (χ2n) is 18.8. The van der Waals surface area contributed by atoms with Crippen LogP contribution in [0.3, 0.4) is 0 Å². The molecule has 4 N–H and O–H groups in total. The second-order valence-corrected chi connectivity index (χ2v) is 18.8. The topological polar surface area (TPSA) is 232 Å². The Labute approximate surface area is 368 Å². The maximum Gasteiger partial charge on any atom is 0.413 e. The number of halogens is 1. The van der Waals surface area contributed by atoms with Gasteiger partial charge in [0.05, 0.1) is 30.5 Å². The molecule has 9 atom stereocenters. The Morgan fingerprint density at radius 2 is 1.81 bits per heavy atom. The molecule has 5 aliphatic carbocycles. The molecule has 1 aromatic heterocycles. The highest BCUT2D eigenvalue weighted by Gasteiger charge is 2.68. The first kappa shape index (κ1) is 45.4. The van der Waals surface area contributed by atoms with Crippen LogP contribution in [-0.2, 0) is 28.6 Å². The van der Waals surface area contributed by atoms with E-state index in [2.05, 4.69) is 6.92 Å². The number of ketones is 2. The van der Waals surface area contributed by atoms with E-state index in [9.17, 15) is 49.2 Å². The van der Waals surface area contributed by atoms with Gasteiger partial charge in [0.15, 0.2) is 29.4 Å². The summed E-state index contributed by atoms with van der Waals surface area (Å²) in [5.41, 5.74) is -3.16. The first-order valence-electron chi connectivity index (χ1n) is 22.0. The van der Waals surface area contributed by atoms with Crippen LogP contribution in [0.4, 0.5) is 14.9 Å². The minimum absolute atomic E-state index is 0.0209. The number of piperazine rings is 1. The molecule has 18 heteroatoms. The summed E-state index contributed by atoms with van der Waals surface area (Å²) in [6.07, 6.45) is 6.50. The third-order valence-electron chi connectivity index (χ3n) is 15.3. The minimum Gasteiger partial charge on any atom is -0.492 e. The van der Waals surface area contributed by atoms with Gasteiger partial charge in [-0.2, -0.15) is 0 Å². The minimum atomic E-state index is -1.80. The smallest absolute Gasteiger partial charge is 0.413 e. The van der Waals surface area contributed by atoms with E-state index in [0.717, 1.165) is 30.9 Å². The number of carbonyl (C=O) groups is 5. The van der Waals surface area contributed by atoms with Gasteiger partial charge in [0.2, 0.25) is 12.2 Å². The zero-order chi connectivity index (χ0) is 46.0. The molecule has 8 rings (SSSR count). The molecule has 1 aromatic carbocycles. The maximum atomic E-state index is 15.9. The number of anilines is 1. The molecule has 1 saturated heterocycles. The first-order chi connectivity index (χ1) is 30.3. The van der Waals surface area contributed by atoms with Crippen molar-refractivity contribution in [2.75, 3.05) is 45.0 Å². The molecule has 1 aliphatic heterocycles. The summed E-state index contributed by atoms with van der Waals surface area (Å²) in [4.78, 5) is 79.3. The monoisotopic (exact) mass is 893 g/mol. The Bertz CT molecular complexity index is 2400. The third-order valence-corrected chi connectivity index (χ3v) is 15.3. The normalized spacial score (nSPS) is 31.4. The molecule has 0 bridgehead atoms. The number of Topliss-reactive ketones (excluding diaryl/α,β-unsaturated/α-hetero) is 1. The number of fused-ring (bicyclic) bond motifs is 6. The number of carboxylic acid groups (broad SMARTS) is 1. The second kappa shape index (κ2) is 17.0. The molecule has 5 fully saturated rings. The summed E-state index contributed by atoms with van der Waals surface area (Å²) in [6.45, 7) is 4.63. The fraction of sp³-hybridized carbons (Fsp3) is 0.609. The molecular formula is C46H56FN3O14. The van der Waals surface area contributed by atoms with Crippen molar-refractivity contribution in [1.29, 1.82) is 0 Å². The van der Waals surface area contributed by atoms with E-state index in [4.69, 9.17) is 18.9 Å². The van der Waals surface area contributed by atoms with Gasteiger partial charge < -0.3 is 53.7 Å². The van der Waals surface area contributed by atoms with Crippen molar-refractivity contribution >= 4 is 46.2 Å². The molecule has 0 spiro atoms. The lowest BCUT2D eigenvalue weighted by molar-refractivity contribution is -0.186. The zero-order valence-electron chi connectivity index (χ0n) is 36.4. The van der Waals surface area contributed by atoms with E-state index < -0.39 is 88.9 Å². The molecule has 2 aromatic rings. The van der Waals surface area contributed by atoms with Crippen LogP contribution in [0.1, 0.15) is 95.0 Å². The molecule has 1 amide bonds. The van der Waals surface area contributed by atoms with Crippen LogP contribution in [0, 0.1) is 34.4 Å². The number of methoxy groups -OCH3 is 1. The van der Waals surface area contributed by atoms with Gasteiger partial charge in [-0.25, -0.2) is 14.0 Å². The van der Waals surface area contributed by atoms with Crippen molar-refractivity contribution in [1.82, 2.24) is 9.47 Å². The Morgan fingerprint density at radius 1 is 1.06 bits per heavy atom. The average Bonchev–Trinajstić information content (AvgIpc) is 4.05. The van der Waals surface area contributed by atoms with Crippen molar-refractivity contribution in [2.45, 2.75) is 109 Å². The Kier molecular flexibility index (Phi) is 12.1. The number of carbonyl (C=O) groups excluding carboxylic acids is 4. The van der Waals surface area contributed by atoms with Crippen LogP contribution in [0.15, 0.2) is 40.9 Å². The number of allylic oxidation sites excluding steroid dienone is 4. The van der Waals surface area contributed by atoms with Crippen molar-refractivity contribution in [2.24, 2.45) is 28.6 Å². The van der Waals surface area contributed by atoms with Crippen LogP contribution in [-0.4, -0.2) is 124 Å². The number of aliphatic hydroxyl groups excluding tert-OH is 2. The van der Waals surface area contributed by atoms with Gasteiger partial charge in [-0.05, 0) is 81.9 Å². The number of carboxylic acids is 1. The average molecular weight is 894 g/mol. The summed E-state index contributed by atoms with van der Waals surface area (Å²) < 4.78 is 38.9. The summed E-state index contributed by atoms with van der Waals surface area (Å²) in [7, 11) is 1.34. The largest absolute Gasteiger partial charge is 0.492 e. The van der Waals surface area contributed by atoms with E-state index in [1.165, 1.54) is 18.2 Å². The van der Waals surface area contributed by atoms with E-state index in [1.807, 2.05) is 13.0 Å². The highest BCUT2D eigenvalue weighted by molar-refractivity contribution is 6.01. The number of benzene rings is 1. The van der Waals surface area contributed by atoms with Gasteiger partial charge >= 0.3 is 18.0 Å². The number of hydrogen-bond acceptors (Lipinski definition) is 14. The highest BCUT2D eigenvalue weighted by atomic mass is 19.1. The van der Waals surface area contributed by atoms with Gasteiger partial charge in [0.1, 0.15) is 23.5 Å². The van der Waals surface area contributed by atoms with Crippen LogP contribution < -0.4 is 15.1 Å². The van der Waals surface area contributed by atoms with Gasteiger partial charge in [0, 0.05) is 61.1 Å². The van der Waals surface area contributed by atoms with Crippen molar-refractivity contribution < 1.29 is 67.7 Å². The van der Waals surface area contributed by atoms with Crippen LogP contribution >= 0.6 is 0 Å². The number of esters is 1. The van der Waals surface area contributed by atoms with E-state index in [-0.39, 0.29) is 91.7 Å². The van der Waals surface area contributed by atoms with Crippen molar-refractivity contribution in [3.8, 4) is 5.75 Å². The quantitative estimate of drug-likeness (QED) is 0.164. The maximum absolute atomic E-state index is 15.9. The Hall–Kier alpha value is -5.17. The van der Waals surface area contributed by atoms with Gasteiger partial charge in [-0.15, -0.1) is 0 Å². The number of hydrogen-bond donors (Lipinski definition) is 4. The number of aliphatic hydroxyl groups is 3. The predicted octanol–water partition coefficient (Wildman–Crippen LogP) is 4.02. The van der Waals surface area contributed by atoms with Gasteiger partial charge in [0.25, 0.3) is 0 Å². The van der Waals surface area contributed by atoms with E-state index in [1.54, 1.807) is 28.5 Å². The number of amides is 1. The molecule has 0 radical (unpaired) electrons. The standard InChI is InChI=1S/C46H56FN3O14/c1-24-20-48(39-32(47)18-29-38(41(39)61-4)50(26-6-7-26)21-30(40(29)56)42(57)58)15-16-49(24)43(59)64-23-63-36(55)10-9-35(54)62-22-34(53)46(60)14-12-31-28-8-5-25-17-27(51)11-13-44(25,2)37(28)33(52)19-45(31,46)3/h11,13,17-18,21,24,26,28,31,33,35,37,52,54,60H,5-10,12,14-16,19-20,22-23H2,1-4H3,(H,57,58). The number of aromatic carboxylic acids is 1. The van der Waals surface area contributed by atoms with E-state index in [0.29, 0.717) is 18.4 Å². The van der Waals surface area contributed by atoms with Crippen LogP contribution in [0.2, 0.25) is 0 Å². The summed E-state index contributed by atoms with van der Waals surface area (Å²) >= 11 is 0. The summed E-state index contributed by atoms with van der Waals surface area (Å²) in [5.74, 6) is -3.81. The highest BCUT2D eigenvalue weighted by Crippen LogP contribution is 2.67. The number of rotatable bonds is 13. The SMILES string of the molecule is COc1c(N2CCN(C(=O)OCOC(=O)CCC(O)OCC(=O)C3(O)CCC4C5CCC6=CC(=O)C=CC6(C)C5C(O)CC43C)C(C)C2)c(F)cc2c(=O)c(C(=O)O)cn(C3CC3)c12. The molecule has 2 heterocycles. The van der Waals surface area contributed by atoms with Crippen molar-refractivity contribution in [3.63, 3.8) is 0 Å². The molecular weight excluding hydrogens is 838 g/mol. The lowest BCUT2D eigenvalue weighted by Gasteiger charge is -2.59. The van der Waals surface area contributed by atoms with Gasteiger partial charge in [-0.1, -0.05) is 25.5 Å². The fourth-order valence-corrected chi connectivity index (χ4v) is 11.9.